The number of unbranched alkanes of at least 4 members (excludes halogenated alkanes) is 1. The first-order valence-corrected chi connectivity index (χ1v) is 10.8. The molecular formula is C25H34FNO. The second-order valence-electron chi connectivity index (χ2n) is 7.94. The molecule has 1 aliphatic heterocycles. The second-order valence-corrected chi connectivity index (χ2v) is 7.94. The Morgan fingerprint density at radius 3 is 2.64 bits per heavy atom. The molecule has 0 bridgehead atoms. The number of methoxy groups -OCH3 is 1. The molecule has 0 aromatic heterocycles. The van der Waals surface area contributed by atoms with Crippen LogP contribution in [0, 0.1) is 11.7 Å². The third-order valence-electron chi connectivity index (χ3n) is 6.14. The summed E-state index contributed by atoms with van der Waals surface area (Å²) in [5.41, 5.74) is 4.28. The summed E-state index contributed by atoms with van der Waals surface area (Å²) in [5, 5.41) is 3.48. The number of halogens is 1. The van der Waals surface area contributed by atoms with Gasteiger partial charge < -0.3 is 10.1 Å². The van der Waals surface area contributed by atoms with Crippen molar-refractivity contribution in [2.24, 2.45) is 5.92 Å². The molecule has 2 nitrogen and oxygen atoms in total. The smallest absolute Gasteiger partial charge is 0.131 e. The van der Waals surface area contributed by atoms with E-state index in [4.69, 9.17) is 4.74 Å². The van der Waals surface area contributed by atoms with Crippen molar-refractivity contribution >= 4 is 0 Å². The molecular weight excluding hydrogens is 349 g/mol. The number of hydrogen-bond donors (Lipinski definition) is 1. The first-order valence-electron chi connectivity index (χ1n) is 10.8. The maximum Gasteiger partial charge on any atom is 0.131 e. The highest BCUT2D eigenvalue weighted by Gasteiger charge is 2.28. The van der Waals surface area contributed by atoms with Crippen molar-refractivity contribution < 1.29 is 9.13 Å². The summed E-state index contributed by atoms with van der Waals surface area (Å²) in [6.07, 6.45) is 6.57. The Hall–Kier alpha value is -1.71. The van der Waals surface area contributed by atoms with Gasteiger partial charge in [-0.15, -0.1) is 0 Å². The second kappa shape index (κ2) is 10.7. The van der Waals surface area contributed by atoms with Crippen LogP contribution in [0.15, 0.2) is 42.5 Å². The molecule has 0 saturated carbocycles. The van der Waals surface area contributed by atoms with Gasteiger partial charge in [-0.1, -0.05) is 49.7 Å². The standard InChI is InChI=1S/C25H34FNO/c1-3-19-8-6-9-21(18-19)25-23(11-7-12-24(25)26)22(10-4-5-17-28-2)20-13-15-27-16-14-20/h6-9,11-12,18,20,22,27H,3-5,10,13-17H2,1-2H3. The predicted molar refractivity (Wildman–Crippen MR) is 115 cm³/mol. The van der Waals surface area contributed by atoms with Crippen LogP contribution in [-0.4, -0.2) is 26.8 Å². The fourth-order valence-corrected chi connectivity index (χ4v) is 4.60. The minimum atomic E-state index is -0.0958. The predicted octanol–water partition coefficient (Wildman–Crippen LogP) is 5.96. The van der Waals surface area contributed by atoms with Crippen LogP contribution in [0.3, 0.4) is 0 Å². The number of aryl methyl sites for hydroxylation is 1. The fraction of sp³-hybridized carbons (Fsp3) is 0.520. The lowest BCUT2D eigenvalue weighted by molar-refractivity contribution is 0.189. The molecule has 1 saturated heterocycles. The number of piperidine rings is 1. The minimum Gasteiger partial charge on any atom is -0.385 e. The van der Waals surface area contributed by atoms with E-state index in [2.05, 4.69) is 42.6 Å². The molecule has 0 amide bonds. The van der Waals surface area contributed by atoms with E-state index in [0.29, 0.717) is 11.8 Å². The molecule has 1 aliphatic rings. The molecule has 2 aromatic carbocycles. The van der Waals surface area contributed by atoms with Crippen LogP contribution in [-0.2, 0) is 11.2 Å². The van der Waals surface area contributed by atoms with Gasteiger partial charge in [-0.2, -0.15) is 0 Å². The number of ether oxygens (including phenoxy) is 1. The first kappa shape index (κ1) is 21.0. The summed E-state index contributed by atoms with van der Waals surface area (Å²) < 4.78 is 20.4. The maximum atomic E-state index is 15.1. The van der Waals surface area contributed by atoms with Gasteiger partial charge in [0.15, 0.2) is 0 Å². The highest BCUT2D eigenvalue weighted by Crippen LogP contribution is 2.41. The largest absolute Gasteiger partial charge is 0.385 e. The summed E-state index contributed by atoms with van der Waals surface area (Å²) in [5.74, 6) is 0.912. The molecule has 0 spiro atoms. The molecule has 1 fully saturated rings. The zero-order chi connectivity index (χ0) is 19.8. The van der Waals surface area contributed by atoms with E-state index < -0.39 is 0 Å². The first-order chi connectivity index (χ1) is 13.7. The van der Waals surface area contributed by atoms with Crippen molar-refractivity contribution in [3.05, 3.63) is 59.4 Å². The SMILES string of the molecule is CCc1cccc(-c2c(F)cccc2C(CCCCOC)C2CCNCC2)c1. The van der Waals surface area contributed by atoms with Crippen molar-refractivity contribution in [1.82, 2.24) is 5.32 Å². The van der Waals surface area contributed by atoms with E-state index in [9.17, 15) is 0 Å². The van der Waals surface area contributed by atoms with Crippen molar-refractivity contribution in [3.8, 4) is 11.1 Å². The summed E-state index contributed by atoms with van der Waals surface area (Å²) in [6, 6.07) is 14.1. The van der Waals surface area contributed by atoms with Crippen LogP contribution in [0.25, 0.3) is 11.1 Å². The van der Waals surface area contributed by atoms with Crippen LogP contribution in [0.4, 0.5) is 4.39 Å². The lowest BCUT2D eigenvalue weighted by Gasteiger charge is -2.32. The molecule has 2 aromatic rings. The van der Waals surface area contributed by atoms with Crippen LogP contribution < -0.4 is 5.32 Å². The molecule has 1 atom stereocenters. The van der Waals surface area contributed by atoms with Crippen molar-refractivity contribution in [1.29, 1.82) is 0 Å². The molecule has 1 heterocycles. The molecule has 152 valence electrons. The molecule has 1 unspecified atom stereocenters. The summed E-state index contributed by atoms with van der Waals surface area (Å²) in [6.45, 7) is 5.08. The third kappa shape index (κ3) is 5.21. The van der Waals surface area contributed by atoms with Gasteiger partial charge in [0, 0.05) is 19.3 Å². The lowest BCUT2D eigenvalue weighted by Crippen LogP contribution is -2.31. The number of nitrogens with one attached hydrogen (secondary N) is 1. The van der Waals surface area contributed by atoms with E-state index in [1.54, 1.807) is 13.2 Å². The monoisotopic (exact) mass is 383 g/mol. The van der Waals surface area contributed by atoms with Crippen LogP contribution in [0.2, 0.25) is 0 Å². The third-order valence-corrected chi connectivity index (χ3v) is 6.14. The molecule has 0 radical (unpaired) electrons. The fourth-order valence-electron chi connectivity index (χ4n) is 4.60. The van der Waals surface area contributed by atoms with Gasteiger partial charge in [-0.25, -0.2) is 4.39 Å². The highest BCUT2D eigenvalue weighted by atomic mass is 19.1. The number of benzene rings is 2. The van der Waals surface area contributed by atoms with E-state index in [1.807, 2.05) is 6.07 Å². The Bertz CT molecular complexity index is 739. The highest BCUT2D eigenvalue weighted by molar-refractivity contribution is 5.69. The van der Waals surface area contributed by atoms with Gasteiger partial charge in [0.1, 0.15) is 5.82 Å². The van der Waals surface area contributed by atoms with E-state index >= 15 is 4.39 Å². The summed E-state index contributed by atoms with van der Waals surface area (Å²) >= 11 is 0. The number of hydrogen-bond acceptors (Lipinski definition) is 2. The van der Waals surface area contributed by atoms with Crippen molar-refractivity contribution in [2.75, 3.05) is 26.8 Å². The molecule has 3 heteroatoms. The van der Waals surface area contributed by atoms with Crippen molar-refractivity contribution in [2.45, 2.75) is 51.4 Å². The number of rotatable bonds is 9. The van der Waals surface area contributed by atoms with Crippen LogP contribution >= 0.6 is 0 Å². The molecule has 28 heavy (non-hydrogen) atoms. The maximum absolute atomic E-state index is 15.1. The van der Waals surface area contributed by atoms with Crippen molar-refractivity contribution in [3.63, 3.8) is 0 Å². The quantitative estimate of drug-likeness (QED) is 0.540. The average Bonchev–Trinajstić information content (AvgIpc) is 2.74. The van der Waals surface area contributed by atoms with Gasteiger partial charge >= 0.3 is 0 Å². The molecule has 0 aliphatic carbocycles. The Kier molecular flexibility index (Phi) is 8.05. The Morgan fingerprint density at radius 2 is 1.89 bits per heavy atom. The van der Waals surface area contributed by atoms with Gasteiger partial charge in [0.05, 0.1) is 0 Å². The van der Waals surface area contributed by atoms with Crippen LogP contribution in [0.1, 0.15) is 56.1 Å². The lowest BCUT2D eigenvalue weighted by atomic mass is 9.75. The minimum absolute atomic E-state index is 0.0958. The average molecular weight is 384 g/mol. The Morgan fingerprint density at radius 1 is 1.11 bits per heavy atom. The van der Waals surface area contributed by atoms with Gasteiger partial charge in [-0.05, 0) is 79.8 Å². The van der Waals surface area contributed by atoms with E-state index in [1.165, 1.54) is 24.0 Å². The normalized spacial score (nSPS) is 16.2. The Balaban J connectivity index is 1.97. The van der Waals surface area contributed by atoms with Crippen LogP contribution in [0.5, 0.6) is 0 Å². The van der Waals surface area contributed by atoms with E-state index in [-0.39, 0.29) is 5.82 Å². The zero-order valence-electron chi connectivity index (χ0n) is 17.3. The summed E-state index contributed by atoms with van der Waals surface area (Å²) in [4.78, 5) is 0. The van der Waals surface area contributed by atoms with Gasteiger partial charge in [-0.3, -0.25) is 0 Å². The topological polar surface area (TPSA) is 21.3 Å². The van der Waals surface area contributed by atoms with E-state index in [0.717, 1.165) is 56.5 Å². The molecule has 3 rings (SSSR count). The zero-order valence-corrected chi connectivity index (χ0v) is 17.3. The van der Waals surface area contributed by atoms with Gasteiger partial charge in [0.2, 0.25) is 0 Å². The summed E-state index contributed by atoms with van der Waals surface area (Å²) in [7, 11) is 1.76. The Labute approximate surface area is 169 Å². The van der Waals surface area contributed by atoms with Gasteiger partial charge in [0.25, 0.3) is 0 Å². The molecule has 1 N–H and O–H groups in total.